The van der Waals surface area contributed by atoms with Crippen molar-refractivity contribution in [2.24, 2.45) is 0 Å². The van der Waals surface area contributed by atoms with Gasteiger partial charge in [-0.3, -0.25) is 0 Å². The van der Waals surface area contributed by atoms with Crippen molar-refractivity contribution in [1.82, 2.24) is 4.57 Å². The zero-order valence-electron chi connectivity index (χ0n) is 11.6. The van der Waals surface area contributed by atoms with Crippen molar-refractivity contribution in [2.75, 3.05) is 0 Å². The average molecular weight is 372 g/mol. The fourth-order valence-electron chi connectivity index (χ4n) is 2.39. The molecule has 0 aliphatic rings. The highest BCUT2D eigenvalue weighted by molar-refractivity contribution is 9.10. The molecule has 0 bridgehead atoms. The van der Waals surface area contributed by atoms with E-state index in [2.05, 4.69) is 32.6 Å². The Balaban J connectivity index is 1.98. The van der Waals surface area contributed by atoms with Crippen LogP contribution in [-0.2, 0) is 6.42 Å². The molecule has 1 heterocycles. The number of rotatable bonds is 3. The number of hydrogen-bond acceptors (Lipinski definition) is 1. The Morgan fingerprint density at radius 2 is 1.91 bits per heavy atom. The van der Waals surface area contributed by atoms with Gasteiger partial charge in [0, 0.05) is 33.5 Å². The van der Waals surface area contributed by atoms with Crippen LogP contribution in [0, 0.1) is 11.3 Å². The fraction of sp³-hybridized carbons (Fsp3) is 0.0556. The van der Waals surface area contributed by atoms with Gasteiger partial charge in [-0.05, 0) is 57.9 Å². The Bertz CT molecular complexity index is 862. The molecule has 0 spiro atoms. The summed E-state index contributed by atoms with van der Waals surface area (Å²) in [6.07, 6.45) is 2.77. The standard InChI is InChI=1S/C18H12BrClN2/c19-17-11-16(8-7-14(17)12-21)22-9-3-5-15(22)10-13-4-1-2-6-18(13)20/h1-9,11H,10H2. The number of benzene rings is 2. The Kier molecular flexibility index (Phi) is 4.33. The zero-order chi connectivity index (χ0) is 15.5. The van der Waals surface area contributed by atoms with E-state index in [1.165, 1.54) is 0 Å². The summed E-state index contributed by atoms with van der Waals surface area (Å²) in [7, 11) is 0. The predicted molar refractivity (Wildman–Crippen MR) is 92.4 cm³/mol. The van der Waals surface area contributed by atoms with E-state index in [4.69, 9.17) is 16.9 Å². The molecule has 0 saturated heterocycles. The minimum Gasteiger partial charge on any atom is -0.321 e. The molecule has 108 valence electrons. The molecule has 2 nitrogen and oxygen atoms in total. The van der Waals surface area contributed by atoms with E-state index in [0.717, 1.165) is 32.9 Å². The summed E-state index contributed by atoms with van der Waals surface area (Å²) >= 11 is 9.69. The summed E-state index contributed by atoms with van der Waals surface area (Å²) in [5, 5.41) is 9.79. The highest BCUT2D eigenvalue weighted by Gasteiger charge is 2.08. The van der Waals surface area contributed by atoms with E-state index in [-0.39, 0.29) is 0 Å². The summed E-state index contributed by atoms with van der Waals surface area (Å²) in [6.45, 7) is 0. The van der Waals surface area contributed by atoms with Gasteiger partial charge in [-0.1, -0.05) is 29.8 Å². The molecule has 0 fully saturated rings. The normalized spacial score (nSPS) is 10.4. The van der Waals surface area contributed by atoms with Crippen LogP contribution in [0.2, 0.25) is 5.02 Å². The summed E-state index contributed by atoms with van der Waals surface area (Å²) in [5.74, 6) is 0. The lowest BCUT2D eigenvalue weighted by Gasteiger charge is -2.11. The molecule has 2 aromatic carbocycles. The summed E-state index contributed by atoms with van der Waals surface area (Å²) in [6, 6.07) is 19.8. The molecule has 0 N–H and O–H groups in total. The molecule has 0 aliphatic heterocycles. The molecule has 22 heavy (non-hydrogen) atoms. The van der Waals surface area contributed by atoms with E-state index in [0.29, 0.717) is 5.56 Å². The summed E-state index contributed by atoms with van der Waals surface area (Å²) < 4.78 is 2.90. The van der Waals surface area contributed by atoms with Crippen LogP contribution in [0.15, 0.2) is 65.3 Å². The molecular weight excluding hydrogens is 360 g/mol. The molecule has 0 radical (unpaired) electrons. The first-order chi connectivity index (χ1) is 10.7. The van der Waals surface area contributed by atoms with E-state index >= 15 is 0 Å². The first kappa shape index (κ1) is 14.9. The van der Waals surface area contributed by atoms with Crippen LogP contribution < -0.4 is 0 Å². The van der Waals surface area contributed by atoms with Crippen molar-refractivity contribution in [3.8, 4) is 11.8 Å². The predicted octanol–water partition coefficient (Wildman–Crippen LogP) is 5.36. The quantitative estimate of drug-likeness (QED) is 0.609. The van der Waals surface area contributed by atoms with Gasteiger partial charge in [0.25, 0.3) is 0 Å². The van der Waals surface area contributed by atoms with Crippen LogP contribution in [0.5, 0.6) is 0 Å². The SMILES string of the molecule is N#Cc1ccc(-n2cccc2Cc2ccccc2Cl)cc1Br. The largest absolute Gasteiger partial charge is 0.321 e. The van der Waals surface area contributed by atoms with E-state index in [1.807, 2.05) is 54.7 Å². The van der Waals surface area contributed by atoms with E-state index < -0.39 is 0 Å². The third-order valence-corrected chi connectivity index (χ3v) is 4.54. The van der Waals surface area contributed by atoms with Gasteiger partial charge in [0.1, 0.15) is 6.07 Å². The Morgan fingerprint density at radius 1 is 1.09 bits per heavy atom. The molecule has 4 heteroatoms. The number of nitriles is 1. The molecule has 0 aliphatic carbocycles. The first-order valence-corrected chi connectivity index (χ1v) is 7.96. The maximum absolute atomic E-state index is 9.02. The highest BCUT2D eigenvalue weighted by Crippen LogP contribution is 2.24. The molecule has 3 rings (SSSR count). The molecule has 0 saturated carbocycles. The van der Waals surface area contributed by atoms with Crippen LogP contribution >= 0.6 is 27.5 Å². The van der Waals surface area contributed by atoms with Gasteiger partial charge in [-0.25, -0.2) is 0 Å². The van der Waals surface area contributed by atoms with Gasteiger partial charge in [0.15, 0.2) is 0 Å². The van der Waals surface area contributed by atoms with Gasteiger partial charge in [-0.2, -0.15) is 5.26 Å². The van der Waals surface area contributed by atoms with Crippen molar-refractivity contribution in [2.45, 2.75) is 6.42 Å². The molecule has 1 aromatic heterocycles. The minimum absolute atomic E-state index is 0.628. The van der Waals surface area contributed by atoms with E-state index in [9.17, 15) is 0 Å². The summed E-state index contributed by atoms with van der Waals surface area (Å²) in [4.78, 5) is 0. The smallest absolute Gasteiger partial charge is 0.100 e. The summed E-state index contributed by atoms with van der Waals surface area (Å²) in [5.41, 5.74) is 3.88. The topological polar surface area (TPSA) is 28.7 Å². The Morgan fingerprint density at radius 3 is 2.64 bits per heavy atom. The van der Waals surface area contributed by atoms with Crippen molar-refractivity contribution < 1.29 is 0 Å². The first-order valence-electron chi connectivity index (χ1n) is 6.78. The number of aromatic nitrogens is 1. The Hall–Kier alpha value is -2.02. The van der Waals surface area contributed by atoms with Gasteiger partial charge >= 0.3 is 0 Å². The number of hydrogen-bond donors (Lipinski definition) is 0. The highest BCUT2D eigenvalue weighted by atomic mass is 79.9. The van der Waals surface area contributed by atoms with Gasteiger partial charge < -0.3 is 4.57 Å². The minimum atomic E-state index is 0.628. The molecule has 3 aromatic rings. The molecule has 0 amide bonds. The maximum Gasteiger partial charge on any atom is 0.100 e. The lowest BCUT2D eigenvalue weighted by molar-refractivity contribution is 0.958. The van der Waals surface area contributed by atoms with Crippen molar-refractivity contribution >= 4 is 27.5 Å². The van der Waals surface area contributed by atoms with Crippen LogP contribution in [0.1, 0.15) is 16.8 Å². The lowest BCUT2D eigenvalue weighted by atomic mass is 10.1. The van der Waals surface area contributed by atoms with Crippen LogP contribution in [-0.4, -0.2) is 4.57 Å². The second-order valence-corrected chi connectivity index (χ2v) is 6.18. The van der Waals surface area contributed by atoms with Crippen molar-refractivity contribution in [3.63, 3.8) is 0 Å². The lowest BCUT2D eigenvalue weighted by Crippen LogP contribution is -2.00. The van der Waals surface area contributed by atoms with Crippen LogP contribution in [0.25, 0.3) is 5.69 Å². The second-order valence-electron chi connectivity index (χ2n) is 4.91. The van der Waals surface area contributed by atoms with E-state index in [1.54, 1.807) is 0 Å². The average Bonchev–Trinajstić information content (AvgIpc) is 2.98. The molecule has 0 atom stereocenters. The second kappa shape index (κ2) is 6.39. The van der Waals surface area contributed by atoms with Gasteiger partial charge in [0.2, 0.25) is 0 Å². The fourth-order valence-corrected chi connectivity index (χ4v) is 3.05. The molecule has 0 unspecified atom stereocenters. The van der Waals surface area contributed by atoms with Gasteiger partial charge in [0.05, 0.1) is 5.56 Å². The maximum atomic E-state index is 9.02. The molecular formula is C18H12BrClN2. The van der Waals surface area contributed by atoms with Crippen molar-refractivity contribution in [3.05, 3.63) is 87.1 Å². The third-order valence-electron chi connectivity index (χ3n) is 3.51. The van der Waals surface area contributed by atoms with Crippen LogP contribution in [0.3, 0.4) is 0 Å². The number of nitrogens with zero attached hydrogens (tertiary/aromatic N) is 2. The van der Waals surface area contributed by atoms with Gasteiger partial charge in [-0.15, -0.1) is 0 Å². The zero-order valence-corrected chi connectivity index (χ0v) is 14.0. The van der Waals surface area contributed by atoms with Crippen LogP contribution in [0.4, 0.5) is 0 Å². The third kappa shape index (κ3) is 2.94. The number of halogens is 2. The van der Waals surface area contributed by atoms with Crippen molar-refractivity contribution in [1.29, 1.82) is 5.26 Å². The Labute approximate surface area is 142 Å². The monoisotopic (exact) mass is 370 g/mol.